The number of nitrogens with zero attached hydrogens (tertiary/aromatic N) is 1. The number of aromatic nitrogens is 2. The van der Waals surface area contributed by atoms with E-state index in [9.17, 15) is 0 Å². The van der Waals surface area contributed by atoms with Gasteiger partial charge in [-0.1, -0.05) is 11.3 Å². The van der Waals surface area contributed by atoms with Crippen molar-refractivity contribution in [2.75, 3.05) is 0 Å². The fourth-order valence-electron chi connectivity index (χ4n) is 1.01. The Kier molecular flexibility index (Phi) is 2.31. The van der Waals surface area contributed by atoms with Crippen LogP contribution < -0.4 is 0 Å². The molecule has 0 spiro atoms. The van der Waals surface area contributed by atoms with E-state index >= 15 is 0 Å². The Balaban J connectivity index is 2.52. The molecule has 0 unspecified atom stereocenters. The fourth-order valence-corrected chi connectivity index (χ4v) is 2.98. The molecule has 0 aliphatic carbocycles. The van der Waals surface area contributed by atoms with E-state index in [2.05, 4.69) is 30.1 Å². The molecule has 2 nitrogen and oxygen atoms in total. The molecule has 0 saturated heterocycles. The third-order valence-corrected chi connectivity index (χ3v) is 4.23. The van der Waals surface area contributed by atoms with Gasteiger partial charge in [-0.25, -0.2) is 0 Å². The van der Waals surface area contributed by atoms with Crippen LogP contribution in [-0.4, -0.2) is 10.2 Å². The van der Waals surface area contributed by atoms with Gasteiger partial charge in [0.05, 0.1) is 4.88 Å². The molecule has 0 amide bonds. The van der Waals surface area contributed by atoms with Gasteiger partial charge in [0, 0.05) is 4.88 Å². The zero-order chi connectivity index (χ0) is 9.42. The van der Waals surface area contributed by atoms with Crippen molar-refractivity contribution in [2.24, 2.45) is 0 Å². The van der Waals surface area contributed by atoms with E-state index in [0.717, 1.165) is 8.96 Å². The summed E-state index contributed by atoms with van der Waals surface area (Å²) in [6.07, 6.45) is 0. The first-order chi connectivity index (χ1) is 6.16. The maximum absolute atomic E-state index is 4.98. The van der Waals surface area contributed by atoms with Gasteiger partial charge >= 0.3 is 0 Å². The number of aromatic amines is 1. The normalized spacial score (nSPS) is 10.6. The maximum atomic E-state index is 4.98. The Bertz CT molecular complexity index is 458. The largest absolute Gasteiger partial charge is 0.258 e. The van der Waals surface area contributed by atoms with Crippen LogP contribution in [0.2, 0.25) is 0 Å². The molecule has 13 heavy (non-hydrogen) atoms. The summed E-state index contributed by atoms with van der Waals surface area (Å²) in [6, 6.07) is 2.15. The van der Waals surface area contributed by atoms with Gasteiger partial charge in [0.15, 0.2) is 8.96 Å². The average molecular weight is 228 g/mol. The second-order valence-electron chi connectivity index (χ2n) is 2.77. The summed E-state index contributed by atoms with van der Waals surface area (Å²) in [5, 5.41) is 7.92. The van der Waals surface area contributed by atoms with Crippen molar-refractivity contribution in [3.8, 4) is 9.88 Å². The van der Waals surface area contributed by atoms with Crippen LogP contribution in [0.25, 0.3) is 9.88 Å². The first-order valence-corrected chi connectivity index (χ1v) is 5.84. The summed E-state index contributed by atoms with van der Waals surface area (Å²) in [5.74, 6) is 0. The maximum Gasteiger partial charge on any atom is 0.176 e. The van der Waals surface area contributed by atoms with Crippen LogP contribution >= 0.6 is 34.9 Å². The molecule has 0 aromatic carbocycles. The highest BCUT2D eigenvalue weighted by Crippen LogP contribution is 2.31. The van der Waals surface area contributed by atoms with Crippen molar-refractivity contribution in [2.45, 2.75) is 13.8 Å². The molecule has 5 heteroatoms. The Morgan fingerprint density at radius 3 is 2.62 bits per heavy atom. The first kappa shape index (κ1) is 9.05. The molecule has 0 fully saturated rings. The summed E-state index contributed by atoms with van der Waals surface area (Å²) in [6.45, 7) is 4.23. The van der Waals surface area contributed by atoms with Crippen LogP contribution in [0.15, 0.2) is 6.07 Å². The zero-order valence-electron chi connectivity index (χ0n) is 7.25. The zero-order valence-corrected chi connectivity index (χ0v) is 9.70. The van der Waals surface area contributed by atoms with Crippen LogP contribution in [0, 0.1) is 17.8 Å². The number of hydrogen-bond acceptors (Lipinski definition) is 4. The van der Waals surface area contributed by atoms with Gasteiger partial charge in [-0.05, 0) is 37.7 Å². The molecule has 2 rings (SSSR count). The van der Waals surface area contributed by atoms with Crippen LogP contribution in [0.4, 0.5) is 0 Å². The Morgan fingerprint density at radius 1 is 1.38 bits per heavy atom. The highest BCUT2D eigenvalue weighted by Gasteiger charge is 2.06. The molecule has 0 saturated carbocycles. The number of nitrogens with one attached hydrogen (secondary N) is 1. The monoisotopic (exact) mass is 228 g/mol. The van der Waals surface area contributed by atoms with Crippen molar-refractivity contribution in [3.63, 3.8) is 0 Å². The number of H-pyrrole nitrogens is 1. The number of thiophene rings is 1. The summed E-state index contributed by atoms with van der Waals surface area (Å²) in [5.41, 5.74) is 1.32. The second kappa shape index (κ2) is 3.32. The average Bonchev–Trinajstić information content (AvgIpc) is 2.61. The van der Waals surface area contributed by atoms with Crippen molar-refractivity contribution >= 4 is 34.9 Å². The van der Waals surface area contributed by atoms with E-state index in [1.54, 1.807) is 11.3 Å². The predicted molar refractivity (Wildman–Crippen MR) is 60.1 cm³/mol. The molecular weight excluding hydrogens is 220 g/mol. The number of hydrogen-bond donors (Lipinski definition) is 1. The predicted octanol–water partition coefficient (Wildman–Crippen LogP) is 3.55. The minimum atomic E-state index is 0.735. The van der Waals surface area contributed by atoms with Crippen molar-refractivity contribution < 1.29 is 0 Å². The van der Waals surface area contributed by atoms with Crippen molar-refractivity contribution in [1.82, 2.24) is 10.2 Å². The van der Waals surface area contributed by atoms with E-state index in [0.29, 0.717) is 0 Å². The van der Waals surface area contributed by atoms with E-state index in [-0.39, 0.29) is 0 Å². The molecule has 0 aliphatic rings. The molecule has 2 aromatic rings. The third kappa shape index (κ3) is 1.72. The van der Waals surface area contributed by atoms with E-state index in [1.165, 1.54) is 26.7 Å². The minimum Gasteiger partial charge on any atom is -0.258 e. The lowest BCUT2D eigenvalue weighted by molar-refractivity contribution is 1.09. The van der Waals surface area contributed by atoms with E-state index < -0.39 is 0 Å². The van der Waals surface area contributed by atoms with Crippen LogP contribution in [0.3, 0.4) is 0 Å². The Labute approximate surface area is 89.3 Å². The molecule has 0 radical (unpaired) electrons. The second-order valence-corrected chi connectivity index (χ2v) is 5.69. The molecule has 2 aromatic heterocycles. The van der Waals surface area contributed by atoms with Gasteiger partial charge in [0.25, 0.3) is 0 Å². The lowest BCUT2D eigenvalue weighted by Gasteiger charge is -1.83. The van der Waals surface area contributed by atoms with E-state index in [1.807, 2.05) is 0 Å². The highest BCUT2D eigenvalue weighted by atomic mass is 32.1. The van der Waals surface area contributed by atoms with Crippen molar-refractivity contribution in [1.29, 1.82) is 0 Å². The fraction of sp³-hybridized carbons (Fsp3) is 0.250. The summed E-state index contributed by atoms with van der Waals surface area (Å²) in [4.78, 5) is 2.54. The topological polar surface area (TPSA) is 28.7 Å². The molecule has 0 bridgehead atoms. The summed E-state index contributed by atoms with van der Waals surface area (Å²) >= 11 is 8.26. The SMILES string of the molecule is Cc1cc(-c2n[nH]c(=S)s2)sc1C. The minimum absolute atomic E-state index is 0.735. The van der Waals surface area contributed by atoms with Gasteiger partial charge in [0.2, 0.25) is 0 Å². The van der Waals surface area contributed by atoms with Gasteiger partial charge in [-0.3, -0.25) is 5.10 Å². The molecule has 0 atom stereocenters. The highest BCUT2D eigenvalue weighted by molar-refractivity contribution is 7.73. The Hall–Kier alpha value is -0.520. The van der Waals surface area contributed by atoms with Gasteiger partial charge in [-0.2, -0.15) is 5.10 Å². The van der Waals surface area contributed by atoms with Crippen LogP contribution in [0.5, 0.6) is 0 Å². The molecule has 0 aliphatic heterocycles. The molecule has 68 valence electrons. The lowest BCUT2D eigenvalue weighted by atomic mass is 10.3. The van der Waals surface area contributed by atoms with Crippen LogP contribution in [-0.2, 0) is 0 Å². The molecule has 1 N–H and O–H groups in total. The lowest BCUT2D eigenvalue weighted by Crippen LogP contribution is -1.69. The van der Waals surface area contributed by atoms with Crippen molar-refractivity contribution in [3.05, 3.63) is 20.5 Å². The van der Waals surface area contributed by atoms with Crippen LogP contribution in [0.1, 0.15) is 10.4 Å². The van der Waals surface area contributed by atoms with E-state index in [4.69, 9.17) is 12.2 Å². The van der Waals surface area contributed by atoms with Gasteiger partial charge < -0.3 is 0 Å². The standard InChI is InChI=1S/C8H8N2S3/c1-4-3-6(12-5(4)2)7-9-10-8(11)13-7/h3H,1-2H3,(H,10,11). The van der Waals surface area contributed by atoms with Gasteiger partial charge in [-0.15, -0.1) is 11.3 Å². The summed E-state index contributed by atoms with van der Waals surface area (Å²) < 4.78 is 0.735. The summed E-state index contributed by atoms with van der Waals surface area (Å²) in [7, 11) is 0. The number of aryl methyl sites for hydroxylation is 2. The quantitative estimate of drug-likeness (QED) is 0.756. The van der Waals surface area contributed by atoms with Gasteiger partial charge in [0.1, 0.15) is 0 Å². The molecular formula is C8H8N2S3. The smallest absolute Gasteiger partial charge is 0.176 e. The first-order valence-electron chi connectivity index (χ1n) is 3.80. The Morgan fingerprint density at radius 2 is 2.15 bits per heavy atom. The molecule has 2 heterocycles. The third-order valence-electron chi connectivity index (χ3n) is 1.81. The number of rotatable bonds is 1.